The van der Waals surface area contributed by atoms with Crippen LogP contribution in [0.2, 0.25) is 0 Å². The molecule has 0 atom stereocenters. The summed E-state index contributed by atoms with van der Waals surface area (Å²) in [5, 5.41) is 13.7. The Morgan fingerprint density at radius 3 is 0.423 bits per heavy atom. The van der Waals surface area contributed by atoms with Gasteiger partial charge in [0.25, 0.3) is 0 Å². The summed E-state index contributed by atoms with van der Waals surface area (Å²) in [7, 11) is -9.93. The Bertz CT molecular complexity index is 2410. The first kappa shape index (κ1) is 50.3. The van der Waals surface area contributed by atoms with Crippen molar-refractivity contribution in [1.82, 2.24) is 0 Å². The molecule has 3 aliphatic carbocycles. The Balaban J connectivity index is 0.000000126. The van der Waals surface area contributed by atoms with Crippen molar-refractivity contribution >= 4 is 77.4 Å². The molecule has 0 aromatic heterocycles. The van der Waals surface area contributed by atoms with Crippen molar-refractivity contribution in [2.45, 2.75) is 55.5 Å². The average Bonchev–Trinajstić information content (AvgIpc) is 4.25. The Morgan fingerprint density at radius 2 is 0.338 bits per heavy atom. The largest absolute Gasteiger partial charge is 0.822 e. The summed E-state index contributed by atoms with van der Waals surface area (Å²) in [4.78, 5) is 25.6. The van der Waals surface area contributed by atoms with Crippen molar-refractivity contribution in [2.75, 3.05) is 0 Å². The summed E-state index contributed by atoms with van der Waals surface area (Å²) in [5.41, 5.74) is 2.42. The highest BCUT2D eigenvalue weighted by atomic mass is 31.2. The molecule has 3 saturated carbocycles. The molecule has 0 radical (unpaired) electrons. The number of phosphoric acid groups is 1. The quantitative estimate of drug-likeness (QED) is 0.114. The Kier molecular flexibility index (Phi) is 16.5. The molecule has 8 heteroatoms. The minimum absolute atomic E-state index is 0.805. The predicted octanol–water partition coefficient (Wildman–Crippen LogP) is 9.60. The zero-order chi connectivity index (χ0) is 49.0. The van der Waals surface area contributed by atoms with E-state index in [4.69, 9.17) is 19.2 Å². The van der Waals surface area contributed by atoms with Gasteiger partial charge in [0.2, 0.25) is 0 Å². The lowest BCUT2D eigenvalue weighted by Crippen LogP contribution is -2.34. The molecule has 3 aliphatic rings. The second-order valence-corrected chi connectivity index (χ2v) is 30.4. The van der Waals surface area contributed by atoms with Gasteiger partial charge in [-0.15, -0.1) is 0 Å². The lowest BCUT2D eigenvalue weighted by molar-refractivity contribution is -0.432. The van der Waals surface area contributed by atoms with E-state index in [2.05, 4.69) is 273 Å². The average molecular weight is 1010 g/mol. The van der Waals surface area contributed by atoms with Crippen molar-refractivity contribution in [3.05, 3.63) is 273 Å². The molecule has 0 unspecified atom stereocenters. The van der Waals surface area contributed by atoms with E-state index in [0.29, 0.717) is 0 Å². The number of hydrogen-bond acceptors (Lipinski definition) is 4. The van der Waals surface area contributed by atoms with Crippen molar-refractivity contribution in [2.24, 2.45) is 0 Å². The topological polar surface area (TPSA) is 86.2 Å². The highest BCUT2D eigenvalue weighted by Crippen LogP contribution is 2.69. The van der Waals surface area contributed by atoms with Crippen LogP contribution < -0.4 is 62.4 Å². The van der Waals surface area contributed by atoms with E-state index >= 15 is 0 Å². The van der Waals surface area contributed by atoms with Crippen LogP contribution in [0.15, 0.2) is 273 Å². The minimum Gasteiger partial charge on any atom is -0.822 e. The van der Waals surface area contributed by atoms with E-state index in [9.17, 15) is 0 Å². The molecule has 9 aromatic rings. The van der Waals surface area contributed by atoms with Crippen molar-refractivity contribution in [3.8, 4) is 0 Å². The molecule has 0 bridgehead atoms. The maximum Gasteiger partial charge on any atom is 0.115 e. The van der Waals surface area contributed by atoms with Gasteiger partial charge in [0.1, 0.15) is 69.5 Å². The summed E-state index contributed by atoms with van der Waals surface area (Å²) >= 11 is 0. The molecule has 0 aliphatic heterocycles. The number of benzene rings is 9. The second kappa shape index (κ2) is 23.3. The van der Waals surface area contributed by atoms with Gasteiger partial charge in [-0.05, 0) is 148 Å². The van der Waals surface area contributed by atoms with Crippen LogP contribution in [-0.2, 0) is 4.57 Å². The summed E-state index contributed by atoms with van der Waals surface area (Å²) in [5.74, 6) is 0. The molecular formula is C63H60O4P4. The van der Waals surface area contributed by atoms with E-state index in [1.807, 2.05) is 0 Å². The van der Waals surface area contributed by atoms with Crippen LogP contribution >= 0.6 is 29.6 Å². The molecule has 3 fully saturated rings. The number of hydrogen-bond donors (Lipinski definition) is 0. The fourth-order valence-electron chi connectivity index (χ4n) is 10.6. The van der Waals surface area contributed by atoms with Gasteiger partial charge in [-0.3, -0.25) is 0 Å². The molecule has 356 valence electrons. The lowest BCUT2D eigenvalue weighted by Gasteiger charge is -2.36. The molecular weight excluding hydrogens is 945 g/mol. The summed E-state index contributed by atoms with van der Waals surface area (Å²) in [6.07, 6.45) is 8.12. The summed E-state index contributed by atoms with van der Waals surface area (Å²) in [6, 6.07) is 101. The van der Waals surface area contributed by atoms with E-state index in [1.54, 1.807) is 0 Å². The standard InChI is InChI=1S/3C21H20P.H3O4P/c3*1-4-10-18(11-5-1)22(21-16-17-21,19-12-6-2-7-13-19)20-14-8-3-9-15-20;1-5(2,3)4/h3*1-15,21H,16-17H2;(H3,1,2,3,4)/q3*+1;/p-3. The fraction of sp³-hybridized carbons (Fsp3) is 0.143. The van der Waals surface area contributed by atoms with Crippen LogP contribution in [0.25, 0.3) is 0 Å². The smallest absolute Gasteiger partial charge is 0.115 e. The van der Waals surface area contributed by atoms with Gasteiger partial charge in [0.15, 0.2) is 0 Å². The zero-order valence-corrected chi connectivity index (χ0v) is 43.5. The first-order chi connectivity index (χ1) is 34.8. The van der Waals surface area contributed by atoms with Crippen LogP contribution in [0, 0.1) is 0 Å². The third-order valence-corrected chi connectivity index (χ3v) is 28.6. The predicted molar refractivity (Wildman–Crippen MR) is 302 cm³/mol. The van der Waals surface area contributed by atoms with Crippen LogP contribution in [0.3, 0.4) is 0 Å². The van der Waals surface area contributed by atoms with E-state index in [-0.39, 0.29) is 0 Å². The van der Waals surface area contributed by atoms with Gasteiger partial charge in [0.05, 0.1) is 17.0 Å². The normalized spacial score (nSPS) is 14.5. The van der Waals surface area contributed by atoms with Gasteiger partial charge in [0, 0.05) is 0 Å². The molecule has 71 heavy (non-hydrogen) atoms. The maximum atomic E-state index is 8.55. The van der Waals surface area contributed by atoms with E-state index in [1.165, 1.54) is 86.3 Å². The van der Waals surface area contributed by atoms with Crippen LogP contribution in [0.4, 0.5) is 0 Å². The zero-order valence-electron chi connectivity index (χ0n) is 39.9. The molecule has 0 N–H and O–H groups in total. The maximum absolute atomic E-state index is 8.55. The SMILES string of the molecule is O=P([O-])([O-])[O-].c1ccc([P+](c2ccccc2)(c2ccccc2)C2CC2)cc1.c1ccc([P+](c2ccccc2)(c2ccccc2)C2CC2)cc1.c1ccc([P+](c2ccccc2)(c2ccccc2)C2CC2)cc1. The molecule has 0 amide bonds. The summed E-state index contributed by atoms with van der Waals surface area (Å²) in [6.45, 7) is 0. The fourth-order valence-corrected chi connectivity index (χ4v) is 25.6. The second-order valence-electron chi connectivity index (χ2n) is 18.3. The molecule has 0 heterocycles. The third-order valence-electron chi connectivity index (χ3n) is 13.8. The summed E-state index contributed by atoms with van der Waals surface area (Å²) < 4.78 is 8.55. The van der Waals surface area contributed by atoms with Gasteiger partial charge in [-0.1, -0.05) is 164 Å². The highest BCUT2D eigenvalue weighted by molar-refractivity contribution is 7.97. The monoisotopic (exact) mass is 1000 g/mol. The van der Waals surface area contributed by atoms with E-state index < -0.39 is 29.6 Å². The first-order valence-corrected chi connectivity index (χ1v) is 31.7. The lowest BCUT2D eigenvalue weighted by atomic mass is 10.4. The molecule has 0 saturated heterocycles. The molecule has 12 rings (SSSR count). The van der Waals surface area contributed by atoms with Crippen LogP contribution in [0.1, 0.15) is 38.5 Å². The number of rotatable bonds is 12. The van der Waals surface area contributed by atoms with Crippen LogP contribution in [-0.4, -0.2) is 17.0 Å². The van der Waals surface area contributed by atoms with Crippen LogP contribution in [0.5, 0.6) is 0 Å². The molecule has 0 spiro atoms. The van der Waals surface area contributed by atoms with Crippen molar-refractivity contribution in [3.63, 3.8) is 0 Å². The Morgan fingerprint density at radius 1 is 0.239 bits per heavy atom. The molecule has 4 nitrogen and oxygen atoms in total. The minimum atomic E-state index is -5.39. The van der Waals surface area contributed by atoms with Crippen molar-refractivity contribution in [1.29, 1.82) is 0 Å². The first-order valence-electron chi connectivity index (χ1n) is 24.7. The van der Waals surface area contributed by atoms with Gasteiger partial charge < -0.3 is 19.2 Å². The molecule has 9 aromatic carbocycles. The van der Waals surface area contributed by atoms with E-state index in [0.717, 1.165) is 17.0 Å². The third kappa shape index (κ3) is 11.5. The van der Waals surface area contributed by atoms with Gasteiger partial charge >= 0.3 is 0 Å². The van der Waals surface area contributed by atoms with Gasteiger partial charge in [-0.25, -0.2) is 0 Å². The Hall–Kier alpha value is -5.62. The van der Waals surface area contributed by atoms with Gasteiger partial charge in [-0.2, -0.15) is 7.82 Å². The highest BCUT2D eigenvalue weighted by Gasteiger charge is 2.59. The van der Waals surface area contributed by atoms with Crippen molar-refractivity contribution < 1.29 is 19.2 Å². The Labute approximate surface area is 422 Å².